The zero-order valence-corrected chi connectivity index (χ0v) is 18.4. The lowest BCUT2D eigenvalue weighted by Gasteiger charge is -2.30. The Bertz CT molecular complexity index is 972. The summed E-state index contributed by atoms with van der Waals surface area (Å²) in [6, 6.07) is 24.1. The van der Waals surface area contributed by atoms with Gasteiger partial charge in [-0.2, -0.15) is 13.2 Å². The minimum atomic E-state index is -4.41. The molecule has 1 heterocycles. The number of morpholine rings is 1. The Morgan fingerprint density at radius 3 is 1.88 bits per heavy atom. The van der Waals surface area contributed by atoms with Crippen molar-refractivity contribution in [3.05, 3.63) is 102 Å². The number of nitrogens with zero attached hydrogens (tertiary/aromatic N) is 1. The van der Waals surface area contributed by atoms with Crippen molar-refractivity contribution in [1.29, 1.82) is 0 Å². The van der Waals surface area contributed by atoms with Crippen LogP contribution in [0.2, 0.25) is 0 Å². The molecule has 2 unspecified atom stereocenters. The lowest BCUT2D eigenvalue weighted by molar-refractivity contribution is -0.153. The monoisotopic (exact) mass is 455 g/mol. The first-order valence-electron chi connectivity index (χ1n) is 11.2. The van der Waals surface area contributed by atoms with Crippen molar-refractivity contribution in [2.45, 2.75) is 18.0 Å². The van der Waals surface area contributed by atoms with Crippen LogP contribution in [0, 0.1) is 0 Å². The highest BCUT2D eigenvalue weighted by Crippen LogP contribution is 2.48. The summed E-state index contributed by atoms with van der Waals surface area (Å²) in [6.07, 6.45) is -4.41. The molecule has 1 aliphatic rings. The van der Waals surface area contributed by atoms with Crippen LogP contribution in [0.1, 0.15) is 28.5 Å². The lowest BCUT2D eigenvalue weighted by Crippen LogP contribution is -2.38. The molecule has 0 spiro atoms. The highest BCUT2D eigenvalue weighted by molar-refractivity contribution is 5.41. The van der Waals surface area contributed by atoms with Crippen molar-refractivity contribution in [3.8, 4) is 5.75 Å². The molecular weight excluding hydrogens is 427 g/mol. The van der Waals surface area contributed by atoms with Gasteiger partial charge in [0.05, 0.1) is 19.1 Å². The van der Waals surface area contributed by atoms with Gasteiger partial charge >= 0.3 is 6.18 Å². The Balaban J connectivity index is 1.57. The van der Waals surface area contributed by atoms with Gasteiger partial charge in [-0.1, -0.05) is 72.8 Å². The fourth-order valence-electron chi connectivity index (χ4n) is 4.36. The molecule has 1 saturated heterocycles. The van der Waals surface area contributed by atoms with Gasteiger partial charge in [-0.3, -0.25) is 4.90 Å². The van der Waals surface area contributed by atoms with Gasteiger partial charge in [0.2, 0.25) is 0 Å². The van der Waals surface area contributed by atoms with Crippen LogP contribution in [0.4, 0.5) is 13.2 Å². The van der Waals surface area contributed by atoms with Crippen molar-refractivity contribution in [1.82, 2.24) is 4.90 Å². The SMILES string of the molecule is FC(F)(F)C(c1ccccc1)C(c1ccccc1)c1ccc(OCCN2CCOCC2)cc1. The number of alkyl halides is 3. The summed E-state index contributed by atoms with van der Waals surface area (Å²) in [4.78, 5) is 2.27. The zero-order valence-electron chi connectivity index (χ0n) is 18.4. The average molecular weight is 456 g/mol. The molecule has 0 N–H and O–H groups in total. The minimum absolute atomic E-state index is 0.254. The van der Waals surface area contributed by atoms with Gasteiger partial charge in [-0.25, -0.2) is 0 Å². The van der Waals surface area contributed by atoms with E-state index in [0.717, 1.165) is 32.8 Å². The molecule has 4 rings (SSSR count). The molecule has 3 aromatic rings. The highest BCUT2D eigenvalue weighted by Gasteiger charge is 2.46. The second kappa shape index (κ2) is 10.9. The van der Waals surface area contributed by atoms with E-state index in [1.165, 1.54) is 0 Å². The molecule has 0 saturated carbocycles. The summed E-state index contributed by atoms with van der Waals surface area (Å²) in [7, 11) is 0. The van der Waals surface area contributed by atoms with Crippen LogP contribution in [-0.4, -0.2) is 50.5 Å². The van der Waals surface area contributed by atoms with E-state index in [0.29, 0.717) is 23.5 Å². The van der Waals surface area contributed by atoms with Crippen LogP contribution in [0.15, 0.2) is 84.9 Å². The van der Waals surface area contributed by atoms with Gasteiger partial charge in [0.15, 0.2) is 0 Å². The molecule has 6 heteroatoms. The second-order valence-electron chi connectivity index (χ2n) is 8.19. The normalized spacial score (nSPS) is 16.8. The molecule has 0 bridgehead atoms. The fraction of sp³-hybridized carbons (Fsp3) is 0.333. The summed E-state index contributed by atoms with van der Waals surface area (Å²) in [6.45, 7) is 4.56. The quantitative estimate of drug-likeness (QED) is 0.424. The van der Waals surface area contributed by atoms with Crippen molar-refractivity contribution < 1.29 is 22.6 Å². The number of benzene rings is 3. The third-order valence-electron chi connectivity index (χ3n) is 6.02. The standard InChI is InChI=1S/C27H28F3NO2/c28-27(29,30)26(23-9-5-2-6-10-23)25(21-7-3-1-4-8-21)22-11-13-24(14-12-22)33-20-17-31-15-18-32-19-16-31/h1-14,25-26H,15-20H2. The van der Waals surface area contributed by atoms with E-state index in [-0.39, 0.29) is 5.56 Å². The Labute approximate surface area is 192 Å². The lowest BCUT2D eigenvalue weighted by atomic mass is 9.76. The summed E-state index contributed by atoms with van der Waals surface area (Å²) in [5.74, 6) is -1.87. The molecule has 1 aliphatic heterocycles. The molecule has 0 radical (unpaired) electrons. The van der Waals surface area contributed by atoms with Crippen molar-refractivity contribution in [2.24, 2.45) is 0 Å². The van der Waals surface area contributed by atoms with E-state index in [4.69, 9.17) is 9.47 Å². The van der Waals surface area contributed by atoms with Gasteiger partial charge in [0.25, 0.3) is 0 Å². The van der Waals surface area contributed by atoms with Gasteiger partial charge < -0.3 is 9.47 Å². The average Bonchev–Trinajstić information content (AvgIpc) is 2.84. The highest BCUT2D eigenvalue weighted by atomic mass is 19.4. The van der Waals surface area contributed by atoms with Crippen LogP contribution in [-0.2, 0) is 4.74 Å². The predicted octanol–water partition coefficient (Wildman–Crippen LogP) is 5.88. The summed E-state index contributed by atoms with van der Waals surface area (Å²) in [5.41, 5.74) is 1.49. The third kappa shape index (κ3) is 6.15. The molecule has 2 atom stereocenters. The molecule has 0 aliphatic carbocycles. The first kappa shape index (κ1) is 23.3. The third-order valence-corrected chi connectivity index (χ3v) is 6.02. The van der Waals surface area contributed by atoms with Crippen molar-refractivity contribution in [3.63, 3.8) is 0 Å². The van der Waals surface area contributed by atoms with Crippen molar-refractivity contribution >= 4 is 0 Å². The molecular formula is C27H28F3NO2. The predicted molar refractivity (Wildman–Crippen MR) is 123 cm³/mol. The van der Waals surface area contributed by atoms with E-state index in [1.807, 2.05) is 6.07 Å². The van der Waals surface area contributed by atoms with E-state index < -0.39 is 18.0 Å². The molecule has 174 valence electrons. The molecule has 33 heavy (non-hydrogen) atoms. The number of ether oxygens (including phenoxy) is 2. The van der Waals surface area contributed by atoms with Crippen molar-refractivity contribution in [2.75, 3.05) is 39.5 Å². The number of halogens is 3. The van der Waals surface area contributed by atoms with Crippen LogP contribution in [0.3, 0.4) is 0 Å². The Hall–Kier alpha value is -2.83. The summed E-state index contributed by atoms with van der Waals surface area (Å²) < 4.78 is 54.4. The van der Waals surface area contributed by atoms with E-state index in [9.17, 15) is 13.2 Å². The van der Waals surface area contributed by atoms with E-state index in [2.05, 4.69) is 4.90 Å². The summed E-state index contributed by atoms with van der Waals surface area (Å²) in [5, 5.41) is 0. The first-order valence-corrected chi connectivity index (χ1v) is 11.2. The minimum Gasteiger partial charge on any atom is -0.492 e. The largest absolute Gasteiger partial charge is 0.492 e. The molecule has 3 nitrogen and oxygen atoms in total. The van der Waals surface area contributed by atoms with Gasteiger partial charge in [-0.05, 0) is 28.8 Å². The smallest absolute Gasteiger partial charge is 0.396 e. The summed E-state index contributed by atoms with van der Waals surface area (Å²) >= 11 is 0. The van der Waals surface area contributed by atoms with Crippen LogP contribution < -0.4 is 4.74 Å². The fourth-order valence-corrected chi connectivity index (χ4v) is 4.36. The topological polar surface area (TPSA) is 21.7 Å². The maximum atomic E-state index is 14.4. The maximum absolute atomic E-state index is 14.4. The molecule has 1 fully saturated rings. The van der Waals surface area contributed by atoms with Gasteiger partial charge in [0.1, 0.15) is 12.4 Å². The molecule has 0 amide bonds. The molecule has 3 aromatic carbocycles. The zero-order chi connectivity index (χ0) is 23.1. The van der Waals surface area contributed by atoms with Crippen LogP contribution in [0.5, 0.6) is 5.75 Å². The maximum Gasteiger partial charge on any atom is 0.396 e. The van der Waals surface area contributed by atoms with E-state index in [1.54, 1.807) is 78.9 Å². The Morgan fingerprint density at radius 1 is 0.758 bits per heavy atom. The van der Waals surface area contributed by atoms with Crippen LogP contribution in [0.25, 0.3) is 0 Å². The number of hydrogen-bond donors (Lipinski definition) is 0. The number of hydrogen-bond acceptors (Lipinski definition) is 3. The number of rotatable bonds is 8. The Kier molecular flexibility index (Phi) is 7.68. The molecule has 0 aromatic heterocycles. The van der Waals surface area contributed by atoms with E-state index >= 15 is 0 Å². The van der Waals surface area contributed by atoms with Gasteiger partial charge in [0, 0.05) is 25.6 Å². The second-order valence-corrected chi connectivity index (χ2v) is 8.19. The Morgan fingerprint density at radius 2 is 1.30 bits per heavy atom. The first-order chi connectivity index (χ1) is 16.0. The van der Waals surface area contributed by atoms with Crippen LogP contribution >= 0.6 is 0 Å². The van der Waals surface area contributed by atoms with Gasteiger partial charge in [-0.15, -0.1) is 0 Å².